The Balaban J connectivity index is 1.62. The van der Waals surface area contributed by atoms with Crippen LogP contribution < -0.4 is 15.4 Å². The van der Waals surface area contributed by atoms with Crippen LogP contribution in [0, 0.1) is 0 Å². The third-order valence-electron chi connectivity index (χ3n) is 5.14. The number of anilines is 1. The molecule has 0 bridgehead atoms. The number of benzene rings is 2. The molecule has 1 atom stereocenters. The predicted octanol–water partition coefficient (Wildman–Crippen LogP) is 1.36. The Labute approximate surface area is 168 Å². The summed E-state index contributed by atoms with van der Waals surface area (Å²) in [5.41, 5.74) is 6.22. The highest BCUT2D eigenvalue weighted by Gasteiger charge is 2.33. The Morgan fingerprint density at radius 1 is 1.00 bits per heavy atom. The fourth-order valence-electron chi connectivity index (χ4n) is 3.58. The van der Waals surface area contributed by atoms with Crippen molar-refractivity contribution in [3.63, 3.8) is 0 Å². The first kappa shape index (κ1) is 19.4. The zero-order valence-electron chi connectivity index (χ0n) is 15.7. The van der Waals surface area contributed by atoms with Gasteiger partial charge in [0.05, 0.1) is 17.1 Å². The van der Waals surface area contributed by atoms with E-state index < -0.39 is 22.0 Å². The summed E-state index contributed by atoms with van der Waals surface area (Å²) in [5.74, 6) is -0.634. The quantitative estimate of drug-likeness (QED) is 0.811. The summed E-state index contributed by atoms with van der Waals surface area (Å²) in [4.78, 5) is 26.3. The van der Waals surface area contributed by atoms with E-state index in [-0.39, 0.29) is 17.3 Å². The van der Waals surface area contributed by atoms with Crippen molar-refractivity contribution in [3.8, 4) is 5.75 Å². The van der Waals surface area contributed by atoms with Crippen LogP contribution in [-0.2, 0) is 14.8 Å². The van der Waals surface area contributed by atoms with Gasteiger partial charge in [0.1, 0.15) is 5.75 Å². The second-order valence-corrected chi connectivity index (χ2v) is 8.97. The molecule has 0 aliphatic carbocycles. The van der Waals surface area contributed by atoms with E-state index in [4.69, 9.17) is 10.5 Å². The Hall–Kier alpha value is -2.91. The molecule has 9 heteroatoms. The van der Waals surface area contributed by atoms with Crippen molar-refractivity contribution < 1.29 is 22.7 Å². The molecule has 1 fully saturated rings. The molecule has 0 spiro atoms. The summed E-state index contributed by atoms with van der Waals surface area (Å²) in [7, 11) is -3.55. The maximum absolute atomic E-state index is 13.1. The van der Waals surface area contributed by atoms with Crippen molar-refractivity contribution in [2.24, 2.45) is 5.73 Å². The number of hydrogen-bond acceptors (Lipinski definition) is 5. The molecule has 2 N–H and O–H groups in total. The number of para-hydroxylation sites is 2. The predicted molar refractivity (Wildman–Crippen MR) is 106 cm³/mol. The molecule has 152 valence electrons. The van der Waals surface area contributed by atoms with Gasteiger partial charge in [0.25, 0.3) is 11.8 Å². The van der Waals surface area contributed by atoms with E-state index in [9.17, 15) is 18.0 Å². The highest BCUT2D eigenvalue weighted by Crippen LogP contribution is 2.34. The second-order valence-electron chi connectivity index (χ2n) is 7.03. The van der Waals surface area contributed by atoms with Gasteiger partial charge in [0, 0.05) is 18.7 Å². The first-order valence-electron chi connectivity index (χ1n) is 9.35. The zero-order chi connectivity index (χ0) is 20.6. The van der Waals surface area contributed by atoms with Crippen LogP contribution in [0.4, 0.5) is 5.69 Å². The average Bonchev–Trinajstić information content (AvgIpc) is 3.28. The van der Waals surface area contributed by atoms with E-state index in [2.05, 4.69) is 0 Å². The van der Waals surface area contributed by atoms with Gasteiger partial charge >= 0.3 is 0 Å². The highest BCUT2D eigenvalue weighted by molar-refractivity contribution is 7.89. The molecule has 2 heterocycles. The Morgan fingerprint density at radius 3 is 2.31 bits per heavy atom. The monoisotopic (exact) mass is 415 g/mol. The van der Waals surface area contributed by atoms with Gasteiger partial charge in [-0.1, -0.05) is 12.1 Å². The molecule has 0 radical (unpaired) electrons. The second kappa shape index (κ2) is 7.49. The number of ether oxygens (including phenoxy) is 1. The van der Waals surface area contributed by atoms with Crippen LogP contribution in [0.15, 0.2) is 53.4 Å². The SMILES string of the molecule is NC(=O)[C@H]1CN(C(=O)c2ccc(S(=O)(=O)N3CCCC3)cc2)c2ccccc2O1. The van der Waals surface area contributed by atoms with Gasteiger partial charge in [-0.3, -0.25) is 9.59 Å². The Bertz CT molecular complexity index is 1050. The zero-order valence-corrected chi connectivity index (χ0v) is 16.5. The van der Waals surface area contributed by atoms with Crippen LogP contribution in [0.5, 0.6) is 5.75 Å². The van der Waals surface area contributed by atoms with Gasteiger partial charge in [0.15, 0.2) is 6.10 Å². The average molecular weight is 415 g/mol. The number of nitrogens with zero attached hydrogens (tertiary/aromatic N) is 2. The topological polar surface area (TPSA) is 110 Å². The van der Waals surface area contributed by atoms with Crippen molar-refractivity contribution in [1.82, 2.24) is 4.31 Å². The van der Waals surface area contributed by atoms with Crippen molar-refractivity contribution in [2.75, 3.05) is 24.5 Å². The lowest BCUT2D eigenvalue weighted by Crippen LogP contribution is -2.49. The van der Waals surface area contributed by atoms with Gasteiger partial charge in [-0.2, -0.15) is 4.31 Å². The van der Waals surface area contributed by atoms with Gasteiger partial charge in [-0.25, -0.2) is 8.42 Å². The number of primary amides is 1. The number of carbonyl (C=O) groups is 2. The molecule has 29 heavy (non-hydrogen) atoms. The van der Waals surface area contributed by atoms with Gasteiger partial charge < -0.3 is 15.4 Å². The molecule has 0 unspecified atom stereocenters. The summed E-state index contributed by atoms with van der Waals surface area (Å²) in [5, 5.41) is 0. The Kier molecular flexibility index (Phi) is 5.01. The summed E-state index contributed by atoms with van der Waals surface area (Å²) >= 11 is 0. The lowest BCUT2D eigenvalue weighted by Gasteiger charge is -2.33. The molecule has 2 aromatic carbocycles. The molecule has 2 aromatic rings. The van der Waals surface area contributed by atoms with E-state index in [0.717, 1.165) is 12.8 Å². The normalized spacial score (nSPS) is 19.4. The molecule has 1 saturated heterocycles. The van der Waals surface area contributed by atoms with Crippen LogP contribution in [-0.4, -0.2) is 50.3 Å². The van der Waals surface area contributed by atoms with Crippen molar-refractivity contribution in [2.45, 2.75) is 23.8 Å². The van der Waals surface area contributed by atoms with Crippen LogP contribution in [0.1, 0.15) is 23.2 Å². The fourth-order valence-corrected chi connectivity index (χ4v) is 5.09. The first-order chi connectivity index (χ1) is 13.9. The molecule has 2 amide bonds. The van der Waals surface area contributed by atoms with Crippen molar-refractivity contribution in [3.05, 3.63) is 54.1 Å². The summed E-state index contributed by atoms with van der Waals surface area (Å²) in [6.07, 6.45) is 0.754. The number of carbonyl (C=O) groups excluding carboxylic acids is 2. The lowest BCUT2D eigenvalue weighted by atomic mass is 10.1. The van der Waals surface area contributed by atoms with E-state index in [1.807, 2.05) is 0 Å². The maximum Gasteiger partial charge on any atom is 0.260 e. The first-order valence-corrected chi connectivity index (χ1v) is 10.8. The molecule has 4 rings (SSSR count). The number of nitrogens with two attached hydrogens (primary N) is 1. The van der Waals surface area contributed by atoms with Gasteiger partial charge in [0.2, 0.25) is 10.0 Å². The van der Waals surface area contributed by atoms with Crippen LogP contribution in [0.2, 0.25) is 0 Å². The number of hydrogen-bond donors (Lipinski definition) is 1. The van der Waals surface area contributed by atoms with E-state index in [1.54, 1.807) is 24.3 Å². The summed E-state index contributed by atoms with van der Waals surface area (Å²) in [6, 6.07) is 12.7. The molecular formula is C20H21N3O5S. The number of amides is 2. The van der Waals surface area contributed by atoms with Crippen LogP contribution in [0.3, 0.4) is 0 Å². The minimum atomic E-state index is -3.55. The maximum atomic E-state index is 13.1. The third-order valence-corrected chi connectivity index (χ3v) is 7.05. The van der Waals surface area contributed by atoms with Crippen molar-refractivity contribution in [1.29, 1.82) is 0 Å². The van der Waals surface area contributed by atoms with Crippen LogP contribution in [0.25, 0.3) is 0 Å². The van der Waals surface area contributed by atoms with Gasteiger partial charge in [-0.05, 0) is 49.2 Å². The largest absolute Gasteiger partial charge is 0.477 e. The van der Waals surface area contributed by atoms with E-state index in [1.165, 1.54) is 33.5 Å². The molecule has 0 aromatic heterocycles. The van der Waals surface area contributed by atoms with Gasteiger partial charge in [-0.15, -0.1) is 0 Å². The van der Waals surface area contributed by atoms with E-state index in [0.29, 0.717) is 30.1 Å². The Morgan fingerprint density at radius 2 is 1.66 bits per heavy atom. The molecular weight excluding hydrogens is 394 g/mol. The number of fused-ring (bicyclic) bond motifs is 1. The lowest BCUT2D eigenvalue weighted by molar-refractivity contribution is -0.124. The standard InChI is InChI=1S/C20H21N3O5S/c21-19(24)18-13-23(16-5-1-2-6-17(16)28-18)20(25)14-7-9-15(10-8-14)29(26,27)22-11-3-4-12-22/h1-2,5-10,18H,3-4,11-13H2,(H2,21,24)/t18-/m1/s1. The smallest absolute Gasteiger partial charge is 0.260 e. The molecule has 8 nitrogen and oxygen atoms in total. The number of rotatable bonds is 4. The minimum absolute atomic E-state index is 0.0149. The summed E-state index contributed by atoms with van der Waals surface area (Å²) < 4.78 is 32.4. The fraction of sp³-hybridized carbons (Fsp3) is 0.300. The number of sulfonamides is 1. The van der Waals surface area contributed by atoms with E-state index >= 15 is 0 Å². The summed E-state index contributed by atoms with van der Waals surface area (Å²) in [6.45, 7) is 1.02. The molecule has 0 saturated carbocycles. The molecule has 2 aliphatic rings. The minimum Gasteiger partial charge on any atom is -0.477 e. The van der Waals surface area contributed by atoms with Crippen molar-refractivity contribution >= 4 is 27.5 Å². The third kappa shape index (κ3) is 3.58. The molecule has 2 aliphatic heterocycles. The van der Waals surface area contributed by atoms with Crippen LogP contribution >= 0.6 is 0 Å². The highest BCUT2D eigenvalue weighted by atomic mass is 32.2.